The third kappa shape index (κ3) is 9.80. The molecule has 3 unspecified atom stereocenters. The second-order valence-electron chi connectivity index (χ2n) is 7.92. The van der Waals surface area contributed by atoms with Crippen molar-refractivity contribution in [1.82, 2.24) is 16.1 Å². The van der Waals surface area contributed by atoms with E-state index in [0.29, 0.717) is 18.6 Å². The van der Waals surface area contributed by atoms with E-state index in [0.717, 1.165) is 9.77 Å². The largest absolute Gasteiger partial charge is 1.00 e. The van der Waals surface area contributed by atoms with E-state index in [1.165, 1.54) is 35.6 Å². The van der Waals surface area contributed by atoms with Crippen LogP contribution in [0.4, 0.5) is 0 Å². The summed E-state index contributed by atoms with van der Waals surface area (Å²) < 4.78 is 1.00. The van der Waals surface area contributed by atoms with Crippen LogP contribution in [-0.2, 0) is 20.8 Å². The van der Waals surface area contributed by atoms with Crippen LogP contribution >= 0.6 is 23.1 Å². The third-order valence-electron chi connectivity index (χ3n) is 5.05. The first kappa shape index (κ1) is 29.7. The molecule has 10 heteroatoms. The van der Waals surface area contributed by atoms with Crippen LogP contribution in [0.5, 0.6) is 0 Å². The fourth-order valence-electron chi connectivity index (χ4n) is 3.44. The van der Waals surface area contributed by atoms with Crippen molar-refractivity contribution in [1.29, 1.82) is 0 Å². The number of amides is 3. The average molecular weight is 500 g/mol. The van der Waals surface area contributed by atoms with Crippen LogP contribution < -0.4 is 45.7 Å². The van der Waals surface area contributed by atoms with E-state index < -0.39 is 29.7 Å². The minimum atomic E-state index is -0.816. The molecule has 0 radical (unpaired) electrons. The summed E-state index contributed by atoms with van der Waals surface area (Å²) in [4.78, 5) is 38.3. The molecule has 3 atom stereocenters. The summed E-state index contributed by atoms with van der Waals surface area (Å²) in [6.07, 6.45) is 0.740. The Morgan fingerprint density at radius 1 is 1.00 bits per heavy atom. The average Bonchev–Trinajstić information content (AvgIpc) is 3.31. The Balaban J connectivity index is 0.00000544. The molecule has 0 saturated heterocycles. The molecule has 0 aliphatic heterocycles. The molecule has 3 amide bonds. The van der Waals surface area contributed by atoms with Gasteiger partial charge in [-0.3, -0.25) is 14.4 Å². The van der Waals surface area contributed by atoms with E-state index in [-0.39, 0.29) is 41.4 Å². The molecule has 1 aromatic carbocycles. The van der Waals surface area contributed by atoms with E-state index in [1.807, 2.05) is 61.7 Å². The number of hydrogen-bond donors (Lipinski definition) is 3. The molecular weight excluding hydrogens is 469 g/mol. The molecule has 1 heterocycles. The molecule has 174 valence electrons. The molecule has 0 aliphatic rings. The predicted molar refractivity (Wildman–Crippen MR) is 129 cm³/mol. The van der Waals surface area contributed by atoms with Gasteiger partial charge >= 0.3 is 29.6 Å². The van der Waals surface area contributed by atoms with Gasteiger partial charge in [0.15, 0.2) is 0 Å². The Hall–Kier alpha value is -1.36. The molecule has 0 spiro atoms. The van der Waals surface area contributed by atoms with Gasteiger partial charge in [0.1, 0.15) is 6.04 Å². The van der Waals surface area contributed by atoms with Gasteiger partial charge in [0.25, 0.3) is 0 Å². The number of carbonyl (C=O) groups is 3. The summed E-state index contributed by atoms with van der Waals surface area (Å²) in [5.74, 6) is -2.57. The maximum atomic E-state index is 13.3. The first-order chi connectivity index (χ1) is 15.3. The van der Waals surface area contributed by atoms with Gasteiger partial charge in [-0.05, 0) is 29.3 Å². The number of carbonyl (C=O) groups excluding carboxylic acids is 3. The van der Waals surface area contributed by atoms with Crippen LogP contribution in [-0.4, -0.2) is 36.6 Å². The molecule has 2 aromatic rings. The van der Waals surface area contributed by atoms with E-state index in [1.54, 1.807) is 0 Å². The molecule has 0 saturated carbocycles. The fraction of sp³-hybridized carbons (Fsp3) is 0.435. The summed E-state index contributed by atoms with van der Waals surface area (Å²) in [6, 6.07) is 12.5. The molecule has 7 nitrogen and oxygen atoms in total. The molecular formula is C23H30N3NaO4S2. The number of hydrogen-bond acceptors (Lipinski definition) is 6. The molecule has 0 aliphatic carbocycles. The van der Waals surface area contributed by atoms with Gasteiger partial charge in [-0.15, -0.1) is 23.1 Å². The Morgan fingerprint density at radius 2 is 1.70 bits per heavy atom. The van der Waals surface area contributed by atoms with Crippen molar-refractivity contribution in [3.8, 4) is 0 Å². The number of thioether (sulfide) groups is 1. The van der Waals surface area contributed by atoms with Crippen molar-refractivity contribution < 1.29 is 43.9 Å². The van der Waals surface area contributed by atoms with Crippen molar-refractivity contribution in [2.45, 2.75) is 36.9 Å². The Kier molecular flexibility index (Phi) is 14.0. The smallest absolute Gasteiger partial charge is 0.759 e. The van der Waals surface area contributed by atoms with Crippen molar-refractivity contribution in [2.75, 3.05) is 12.8 Å². The number of likely N-dealkylation sites (N-methyl/N-ethyl adjacent to an activating group) is 1. The number of thiophene rings is 1. The molecule has 0 bridgehead atoms. The summed E-state index contributed by atoms with van der Waals surface area (Å²) in [6.45, 7) is 3.91. The van der Waals surface area contributed by atoms with Crippen molar-refractivity contribution in [2.24, 2.45) is 17.8 Å². The first-order valence-corrected chi connectivity index (χ1v) is 12.4. The van der Waals surface area contributed by atoms with E-state index in [2.05, 4.69) is 10.6 Å². The van der Waals surface area contributed by atoms with Crippen LogP contribution in [0.15, 0.2) is 52.1 Å². The zero-order valence-corrected chi connectivity index (χ0v) is 23.1. The minimum absolute atomic E-state index is 0. The number of nitrogens with one attached hydrogen (secondary N) is 3. The van der Waals surface area contributed by atoms with Crippen LogP contribution in [0.25, 0.3) is 0 Å². The van der Waals surface area contributed by atoms with Crippen molar-refractivity contribution in [3.05, 3.63) is 58.6 Å². The van der Waals surface area contributed by atoms with Gasteiger partial charge in [0.2, 0.25) is 17.7 Å². The third-order valence-corrected chi connectivity index (χ3v) is 7.30. The Labute approximate surface area is 225 Å². The molecule has 2 rings (SSSR count). The second-order valence-corrected chi connectivity index (χ2v) is 10.2. The van der Waals surface area contributed by atoms with Crippen LogP contribution in [0.3, 0.4) is 0 Å². The maximum Gasteiger partial charge on any atom is 1.00 e. The SMILES string of the molecule is CNC(=O)C(Cc1ccccc1)NC(=O)C(CC(C)C)C(CSc1cccs1)C(=O)N[O-].[Na+]. The predicted octanol–water partition coefficient (Wildman–Crippen LogP) is 0.210. The second kappa shape index (κ2) is 15.5. The van der Waals surface area contributed by atoms with E-state index in [9.17, 15) is 19.6 Å². The first-order valence-electron chi connectivity index (χ1n) is 10.5. The monoisotopic (exact) mass is 499 g/mol. The summed E-state index contributed by atoms with van der Waals surface area (Å²) >= 11 is 2.98. The van der Waals surface area contributed by atoms with Crippen LogP contribution in [0, 0.1) is 23.0 Å². The summed E-state index contributed by atoms with van der Waals surface area (Å²) in [5.41, 5.74) is 2.38. The van der Waals surface area contributed by atoms with E-state index >= 15 is 0 Å². The maximum absolute atomic E-state index is 13.3. The molecule has 1 aromatic heterocycles. The number of benzene rings is 1. The Morgan fingerprint density at radius 3 is 2.24 bits per heavy atom. The summed E-state index contributed by atoms with van der Waals surface area (Å²) in [5, 5.41) is 18.6. The summed E-state index contributed by atoms with van der Waals surface area (Å²) in [7, 11) is 1.52. The van der Waals surface area contributed by atoms with Gasteiger partial charge in [-0.1, -0.05) is 50.2 Å². The van der Waals surface area contributed by atoms with Crippen LogP contribution in [0.2, 0.25) is 0 Å². The number of hydroxylamine groups is 1. The zero-order chi connectivity index (χ0) is 23.5. The topological polar surface area (TPSA) is 110 Å². The van der Waals surface area contributed by atoms with Gasteiger partial charge in [0, 0.05) is 19.2 Å². The molecule has 33 heavy (non-hydrogen) atoms. The van der Waals surface area contributed by atoms with Crippen LogP contribution in [0.1, 0.15) is 25.8 Å². The zero-order valence-electron chi connectivity index (χ0n) is 19.5. The van der Waals surface area contributed by atoms with Gasteiger partial charge in [-0.2, -0.15) is 0 Å². The molecule has 0 fully saturated rings. The number of rotatable bonds is 12. The van der Waals surface area contributed by atoms with E-state index in [4.69, 9.17) is 0 Å². The quantitative estimate of drug-likeness (QED) is 0.220. The van der Waals surface area contributed by atoms with Gasteiger partial charge in [-0.25, -0.2) is 0 Å². The van der Waals surface area contributed by atoms with Gasteiger partial charge in [0.05, 0.1) is 16.0 Å². The van der Waals surface area contributed by atoms with Gasteiger partial charge < -0.3 is 21.3 Å². The van der Waals surface area contributed by atoms with Crippen molar-refractivity contribution >= 4 is 40.8 Å². The fourth-order valence-corrected chi connectivity index (χ4v) is 5.44. The normalized spacial score (nSPS) is 13.4. The molecule has 3 N–H and O–H groups in total. The Bertz CT molecular complexity index is 866. The standard InChI is InChI=1S/C23H30N3O4S2.Na/c1-15(2)12-17(18(22(28)26-30)14-32-20-10-7-11-31-20)21(27)25-19(23(29)24-3)13-16-8-5-4-6-9-16;/h4-11,15,17-19H,12-14H2,1-3H3,(H3-,24,25,26,27,28,29,30);/q-1;+1. The minimum Gasteiger partial charge on any atom is -0.759 e. The van der Waals surface area contributed by atoms with Crippen molar-refractivity contribution in [3.63, 3.8) is 0 Å².